The highest BCUT2D eigenvalue weighted by molar-refractivity contribution is 6.46. The van der Waals surface area contributed by atoms with E-state index in [9.17, 15) is 14.7 Å². The number of carbonyl (C=O) groups is 2. The van der Waals surface area contributed by atoms with E-state index in [1.165, 1.54) is 0 Å². The number of likely N-dealkylation sites (tertiary alicyclic amines) is 1. The number of hydrogen-bond acceptors (Lipinski definition) is 5. The molecule has 1 heterocycles. The van der Waals surface area contributed by atoms with Crippen molar-refractivity contribution in [2.75, 3.05) is 27.2 Å². The largest absolute Gasteiger partial charge is 0.507 e. The summed E-state index contributed by atoms with van der Waals surface area (Å²) in [5.74, 6) is -0.197. The van der Waals surface area contributed by atoms with Gasteiger partial charge in [-0.2, -0.15) is 0 Å². The SMILES string of the molecule is CN(C)CCCN1C(=O)C(=O)/C(=C(\O)c2cccc3ccccc23)C1c1cccc(Oc2ccccc2)c1. The van der Waals surface area contributed by atoms with Crippen LogP contribution in [0.3, 0.4) is 0 Å². The first-order valence-corrected chi connectivity index (χ1v) is 12.7. The highest BCUT2D eigenvalue weighted by atomic mass is 16.5. The van der Waals surface area contributed by atoms with Crippen molar-refractivity contribution >= 4 is 28.2 Å². The zero-order chi connectivity index (χ0) is 26.6. The Balaban J connectivity index is 1.62. The molecule has 0 spiro atoms. The average molecular weight is 507 g/mol. The van der Waals surface area contributed by atoms with Crippen molar-refractivity contribution in [3.63, 3.8) is 0 Å². The normalized spacial score (nSPS) is 16.9. The molecule has 4 aromatic carbocycles. The van der Waals surface area contributed by atoms with Gasteiger partial charge in [-0.05, 0) is 67.7 Å². The number of carbonyl (C=O) groups excluding carboxylic acids is 2. The predicted molar refractivity (Wildman–Crippen MR) is 149 cm³/mol. The van der Waals surface area contributed by atoms with Crippen LogP contribution in [0.1, 0.15) is 23.6 Å². The van der Waals surface area contributed by atoms with Gasteiger partial charge in [0.05, 0.1) is 11.6 Å². The number of hydrogen-bond donors (Lipinski definition) is 1. The summed E-state index contributed by atoms with van der Waals surface area (Å²) in [5, 5.41) is 13.4. The van der Waals surface area contributed by atoms with E-state index in [1.54, 1.807) is 11.0 Å². The highest BCUT2D eigenvalue weighted by Crippen LogP contribution is 2.41. The number of aliphatic hydroxyl groups excluding tert-OH is 1. The standard InChI is InChI=1S/C32H30N2O4/c1-33(2)19-10-20-34-29(23-13-8-16-25(21-23)38-24-14-4-3-5-15-24)28(31(36)32(34)37)30(35)27-18-9-12-22-11-6-7-17-26(22)27/h3-9,11-18,21,29,35H,10,19-20H2,1-2H3/b30-28-. The molecule has 1 aliphatic heterocycles. The topological polar surface area (TPSA) is 70.1 Å². The quantitative estimate of drug-likeness (QED) is 0.180. The molecule has 1 amide bonds. The number of rotatable bonds is 8. The zero-order valence-electron chi connectivity index (χ0n) is 21.5. The van der Waals surface area contributed by atoms with Crippen molar-refractivity contribution in [2.45, 2.75) is 12.5 Å². The lowest BCUT2D eigenvalue weighted by molar-refractivity contribution is -0.139. The van der Waals surface area contributed by atoms with Crippen molar-refractivity contribution in [3.05, 3.63) is 114 Å². The molecule has 1 fully saturated rings. The molecule has 0 aromatic heterocycles. The van der Waals surface area contributed by atoms with Gasteiger partial charge in [-0.25, -0.2) is 0 Å². The fourth-order valence-corrected chi connectivity index (χ4v) is 4.96. The highest BCUT2D eigenvalue weighted by Gasteiger charge is 2.46. The lowest BCUT2D eigenvalue weighted by Gasteiger charge is -2.26. The third kappa shape index (κ3) is 5.04. The molecule has 6 heteroatoms. The molecule has 5 rings (SSSR count). The van der Waals surface area contributed by atoms with Crippen LogP contribution in [0.4, 0.5) is 0 Å². The minimum absolute atomic E-state index is 0.0908. The molecule has 192 valence electrons. The van der Waals surface area contributed by atoms with E-state index in [2.05, 4.69) is 0 Å². The van der Waals surface area contributed by atoms with Crippen molar-refractivity contribution in [3.8, 4) is 11.5 Å². The average Bonchev–Trinajstić information content (AvgIpc) is 3.18. The second-order valence-corrected chi connectivity index (χ2v) is 9.66. The van der Waals surface area contributed by atoms with Gasteiger partial charge in [-0.1, -0.05) is 72.8 Å². The maximum Gasteiger partial charge on any atom is 0.295 e. The Kier molecular flexibility index (Phi) is 7.24. The van der Waals surface area contributed by atoms with Crippen molar-refractivity contribution in [1.82, 2.24) is 9.80 Å². The number of amides is 1. The summed E-state index contributed by atoms with van der Waals surface area (Å²) in [6, 6.07) is 29.3. The number of benzene rings is 4. The van der Waals surface area contributed by atoms with Crippen LogP contribution in [0.2, 0.25) is 0 Å². The van der Waals surface area contributed by atoms with E-state index in [0.29, 0.717) is 35.6 Å². The monoisotopic (exact) mass is 506 g/mol. The number of fused-ring (bicyclic) bond motifs is 1. The molecule has 1 unspecified atom stereocenters. The summed E-state index contributed by atoms with van der Waals surface area (Å²) >= 11 is 0. The number of para-hydroxylation sites is 1. The predicted octanol–water partition coefficient (Wildman–Crippen LogP) is 6.01. The molecule has 0 saturated carbocycles. The summed E-state index contributed by atoms with van der Waals surface area (Å²) in [5.41, 5.74) is 1.31. The van der Waals surface area contributed by atoms with Crippen LogP contribution in [0.5, 0.6) is 11.5 Å². The Labute approximate surface area is 222 Å². The molecule has 1 N–H and O–H groups in total. The van der Waals surface area contributed by atoms with E-state index in [0.717, 1.165) is 17.3 Å². The Morgan fingerprint density at radius 2 is 1.55 bits per heavy atom. The van der Waals surface area contributed by atoms with E-state index in [1.807, 2.05) is 110 Å². The zero-order valence-corrected chi connectivity index (χ0v) is 21.5. The first-order valence-electron chi connectivity index (χ1n) is 12.7. The summed E-state index contributed by atoms with van der Waals surface area (Å²) in [7, 11) is 3.94. The summed E-state index contributed by atoms with van der Waals surface area (Å²) < 4.78 is 6.04. The van der Waals surface area contributed by atoms with Gasteiger partial charge >= 0.3 is 0 Å². The van der Waals surface area contributed by atoms with Gasteiger partial charge in [0.15, 0.2) is 0 Å². The second-order valence-electron chi connectivity index (χ2n) is 9.66. The number of Topliss-reactive ketones (excluding diaryl/α,β-unsaturated/α-hetero) is 1. The number of ether oxygens (including phenoxy) is 1. The van der Waals surface area contributed by atoms with Gasteiger partial charge in [0.2, 0.25) is 0 Å². The number of aliphatic hydroxyl groups is 1. The van der Waals surface area contributed by atoms with Gasteiger partial charge in [-0.15, -0.1) is 0 Å². The fraction of sp³-hybridized carbons (Fsp3) is 0.188. The molecule has 38 heavy (non-hydrogen) atoms. The first-order chi connectivity index (χ1) is 18.4. The van der Waals surface area contributed by atoms with Crippen LogP contribution in [0.15, 0.2) is 103 Å². The van der Waals surface area contributed by atoms with Gasteiger partial charge < -0.3 is 19.6 Å². The van der Waals surface area contributed by atoms with E-state index in [4.69, 9.17) is 4.74 Å². The maximum absolute atomic E-state index is 13.5. The Hall–Kier alpha value is -4.42. The van der Waals surface area contributed by atoms with Gasteiger partial charge in [0.1, 0.15) is 17.3 Å². The van der Waals surface area contributed by atoms with Gasteiger partial charge in [-0.3, -0.25) is 9.59 Å². The molecule has 1 aliphatic rings. The Morgan fingerprint density at radius 1 is 0.868 bits per heavy atom. The number of ketones is 1. The molecule has 1 saturated heterocycles. The minimum Gasteiger partial charge on any atom is -0.507 e. The lowest BCUT2D eigenvalue weighted by atomic mass is 9.93. The van der Waals surface area contributed by atoms with Crippen LogP contribution >= 0.6 is 0 Å². The first kappa shape index (κ1) is 25.2. The summed E-state index contributed by atoms with van der Waals surface area (Å²) in [6.07, 6.45) is 0.686. The summed E-state index contributed by atoms with van der Waals surface area (Å²) in [6.45, 7) is 1.14. The fourth-order valence-electron chi connectivity index (χ4n) is 4.96. The van der Waals surface area contributed by atoms with E-state index >= 15 is 0 Å². The second kappa shape index (κ2) is 10.9. The molecular formula is C32H30N2O4. The van der Waals surface area contributed by atoms with Crippen LogP contribution in [-0.2, 0) is 9.59 Å². The lowest BCUT2D eigenvalue weighted by Crippen LogP contribution is -2.32. The van der Waals surface area contributed by atoms with Crippen molar-refractivity contribution < 1.29 is 19.4 Å². The van der Waals surface area contributed by atoms with E-state index < -0.39 is 17.7 Å². The minimum atomic E-state index is -0.740. The third-order valence-corrected chi connectivity index (χ3v) is 6.74. The molecule has 0 aliphatic carbocycles. The maximum atomic E-state index is 13.5. The number of nitrogens with zero attached hydrogens (tertiary/aromatic N) is 2. The molecule has 6 nitrogen and oxygen atoms in total. The molecule has 0 bridgehead atoms. The molecular weight excluding hydrogens is 476 g/mol. The van der Waals surface area contributed by atoms with Crippen molar-refractivity contribution in [1.29, 1.82) is 0 Å². The third-order valence-electron chi connectivity index (χ3n) is 6.74. The molecule has 0 radical (unpaired) electrons. The van der Waals surface area contributed by atoms with Gasteiger partial charge in [0, 0.05) is 12.1 Å². The van der Waals surface area contributed by atoms with Crippen LogP contribution in [0.25, 0.3) is 16.5 Å². The van der Waals surface area contributed by atoms with Crippen LogP contribution in [-0.4, -0.2) is 53.8 Å². The van der Waals surface area contributed by atoms with Gasteiger partial charge in [0.25, 0.3) is 11.7 Å². The Bertz CT molecular complexity index is 1510. The Morgan fingerprint density at radius 3 is 2.34 bits per heavy atom. The van der Waals surface area contributed by atoms with Crippen molar-refractivity contribution in [2.24, 2.45) is 0 Å². The van der Waals surface area contributed by atoms with Crippen LogP contribution < -0.4 is 4.74 Å². The summed E-state index contributed by atoms with van der Waals surface area (Å²) in [4.78, 5) is 30.4. The molecule has 4 aromatic rings. The molecule has 1 atom stereocenters. The van der Waals surface area contributed by atoms with E-state index in [-0.39, 0.29) is 11.3 Å². The smallest absolute Gasteiger partial charge is 0.295 e. The van der Waals surface area contributed by atoms with Crippen LogP contribution in [0, 0.1) is 0 Å².